The molecule has 2 aromatic carbocycles. The Bertz CT molecular complexity index is 1040. The fraction of sp³-hybridized carbons (Fsp3) is 0.286. The minimum absolute atomic E-state index is 0.0291. The van der Waals surface area contributed by atoms with E-state index in [-0.39, 0.29) is 17.6 Å². The van der Waals surface area contributed by atoms with E-state index < -0.39 is 5.56 Å². The fourth-order valence-electron chi connectivity index (χ4n) is 3.75. The molecule has 0 radical (unpaired) electrons. The summed E-state index contributed by atoms with van der Waals surface area (Å²) in [7, 11) is 1.65. The number of rotatable bonds is 4. The van der Waals surface area contributed by atoms with Crippen molar-refractivity contribution in [1.82, 2.24) is 14.9 Å². The van der Waals surface area contributed by atoms with Gasteiger partial charge in [0.05, 0.1) is 18.1 Å². The zero-order chi connectivity index (χ0) is 18.8. The second kappa shape index (κ2) is 7.23. The standard InChI is InChI=1S/C21H21N3O3/c1-27-18-11-5-2-7-14(18)13-15-8-6-12-24(15)21(26)19-20(25)23-17-10-4-3-9-16(17)22-19/h2-5,7,9-11,15H,6,8,12-13H2,1H3,(H,23,25). The van der Waals surface area contributed by atoms with Crippen LogP contribution in [0.3, 0.4) is 0 Å². The number of hydrogen-bond donors (Lipinski definition) is 1. The van der Waals surface area contributed by atoms with Crippen molar-refractivity contribution in [3.05, 3.63) is 70.1 Å². The van der Waals surface area contributed by atoms with E-state index in [9.17, 15) is 9.59 Å². The Morgan fingerprint density at radius 2 is 2.00 bits per heavy atom. The van der Waals surface area contributed by atoms with Gasteiger partial charge in [-0.3, -0.25) is 9.59 Å². The molecule has 0 aliphatic carbocycles. The number of aromatic nitrogens is 2. The number of nitrogens with zero attached hydrogens (tertiary/aromatic N) is 2. The lowest BCUT2D eigenvalue weighted by Crippen LogP contribution is -2.40. The molecule has 0 saturated carbocycles. The Labute approximate surface area is 156 Å². The van der Waals surface area contributed by atoms with Gasteiger partial charge < -0.3 is 14.6 Å². The molecule has 1 aliphatic heterocycles. The SMILES string of the molecule is COc1ccccc1CC1CCCN1C(=O)c1nc2ccccc2[nH]c1=O. The van der Waals surface area contributed by atoms with Crippen LogP contribution in [0.1, 0.15) is 28.9 Å². The van der Waals surface area contributed by atoms with Crippen LogP contribution < -0.4 is 10.3 Å². The molecule has 1 atom stereocenters. The first-order valence-electron chi connectivity index (χ1n) is 9.09. The summed E-state index contributed by atoms with van der Waals surface area (Å²) < 4.78 is 5.43. The first-order valence-corrected chi connectivity index (χ1v) is 9.09. The number of ether oxygens (including phenoxy) is 1. The average molecular weight is 363 g/mol. The summed E-state index contributed by atoms with van der Waals surface area (Å²) in [5.41, 5.74) is 1.82. The molecule has 6 nitrogen and oxygen atoms in total. The molecule has 1 aliphatic rings. The highest BCUT2D eigenvalue weighted by Gasteiger charge is 2.32. The number of amides is 1. The van der Waals surface area contributed by atoms with Gasteiger partial charge in [-0.2, -0.15) is 0 Å². The number of para-hydroxylation sites is 3. The Morgan fingerprint density at radius 3 is 2.85 bits per heavy atom. The molecule has 138 valence electrons. The zero-order valence-corrected chi connectivity index (χ0v) is 15.1. The first kappa shape index (κ1) is 17.3. The second-order valence-corrected chi connectivity index (χ2v) is 6.74. The third-order valence-corrected chi connectivity index (χ3v) is 5.09. The van der Waals surface area contributed by atoms with Gasteiger partial charge in [-0.05, 0) is 43.0 Å². The quantitative estimate of drug-likeness (QED) is 0.773. The van der Waals surface area contributed by atoms with Gasteiger partial charge in [0.2, 0.25) is 0 Å². The van der Waals surface area contributed by atoms with E-state index in [2.05, 4.69) is 9.97 Å². The summed E-state index contributed by atoms with van der Waals surface area (Å²) in [6.45, 7) is 0.632. The van der Waals surface area contributed by atoms with Crippen LogP contribution in [0.25, 0.3) is 11.0 Å². The predicted molar refractivity (Wildman–Crippen MR) is 103 cm³/mol. The lowest BCUT2D eigenvalue weighted by molar-refractivity contribution is 0.0728. The molecule has 1 N–H and O–H groups in total. The third kappa shape index (κ3) is 3.30. The Hall–Kier alpha value is -3.15. The number of fused-ring (bicyclic) bond motifs is 1. The normalized spacial score (nSPS) is 16.6. The monoisotopic (exact) mass is 363 g/mol. The maximum atomic E-state index is 13.1. The number of methoxy groups -OCH3 is 1. The van der Waals surface area contributed by atoms with Crippen LogP contribution in [0.2, 0.25) is 0 Å². The molecule has 1 aromatic heterocycles. The summed E-state index contributed by atoms with van der Waals surface area (Å²) in [6, 6.07) is 15.1. The lowest BCUT2D eigenvalue weighted by Gasteiger charge is -2.25. The Kier molecular flexibility index (Phi) is 4.62. The van der Waals surface area contributed by atoms with E-state index in [4.69, 9.17) is 4.74 Å². The van der Waals surface area contributed by atoms with Crippen molar-refractivity contribution in [2.75, 3.05) is 13.7 Å². The molecule has 1 fully saturated rings. The number of benzene rings is 2. The largest absolute Gasteiger partial charge is 0.496 e. The molecule has 3 aromatic rings. The molecule has 1 amide bonds. The second-order valence-electron chi connectivity index (χ2n) is 6.74. The van der Waals surface area contributed by atoms with Crippen molar-refractivity contribution < 1.29 is 9.53 Å². The Balaban J connectivity index is 1.63. The van der Waals surface area contributed by atoms with E-state index in [1.54, 1.807) is 24.1 Å². The van der Waals surface area contributed by atoms with Gasteiger partial charge in [-0.1, -0.05) is 30.3 Å². The summed E-state index contributed by atoms with van der Waals surface area (Å²) >= 11 is 0. The highest BCUT2D eigenvalue weighted by Crippen LogP contribution is 2.26. The Morgan fingerprint density at radius 1 is 1.22 bits per heavy atom. The third-order valence-electron chi connectivity index (χ3n) is 5.09. The zero-order valence-electron chi connectivity index (χ0n) is 15.1. The predicted octanol–water partition coefficient (Wildman–Crippen LogP) is 2.78. The van der Waals surface area contributed by atoms with Gasteiger partial charge in [-0.15, -0.1) is 0 Å². The van der Waals surface area contributed by atoms with Crippen molar-refractivity contribution >= 4 is 16.9 Å². The van der Waals surface area contributed by atoms with E-state index in [1.807, 2.05) is 36.4 Å². The van der Waals surface area contributed by atoms with Crippen LogP contribution in [0, 0.1) is 0 Å². The molecular weight excluding hydrogens is 342 g/mol. The van der Waals surface area contributed by atoms with Crippen molar-refractivity contribution in [3.8, 4) is 5.75 Å². The molecule has 6 heteroatoms. The van der Waals surface area contributed by atoms with Crippen molar-refractivity contribution in [1.29, 1.82) is 0 Å². The molecule has 27 heavy (non-hydrogen) atoms. The molecule has 1 saturated heterocycles. The van der Waals surface area contributed by atoms with E-state index in [0.717, 1.165) is 24.2 Å². The van der Waals surface area contributed by atoms with Gasteiger partial charge in [0.15, 0.2) is 5.69 Å². The molecule has 0 spiro atoms. The molecule has 4 rings (SSSR count). The average Bonchev–Trinajstić information content (AvgIpc) is 3.15. The van der Waals surface area contributed by atoms with Gasteiger partial charge in [0, 0.05) is 12.6 Å². The van der Waals surface area contributed by atoms with Gasteiger partial charge in [0.1, 0.15) is 5.75 Å². The number of likely N-dealkylation sites (tertiary alicyclic amines) is 1. The van der Waals surface area contributed by atoms with Gasteiger partial charge >= 0.3 is 0 Å². The minimum Gasteiger partial charge on any atom is -0.496 e. The number of hydrogen-bond acceptors (Lipinski definition) is 4. The first-order chi connectivity index (χ1) is 13.2. The van der Waals surface area contributed by atoms with E-state index >= 15 is 0 Å². The summed E-state index contributed by atoms with van der Waals surface area (Å²) in [6.07, 6.45) is 2.51. The number of H-pyrrole nitrogens is 1. The molecular formula is C21H21N3O3. The number of nitrogens with one attached hydrogen (secondary N) is 1. The van der Waals surface area contributed by atoms with Crippen LogP contribution in [-0.2, 0) is 6.42 Å². The van der Waals surface area contributed by atoms with Crippen LogP contribution in [0.15, 0.2) is 53.3 Å². The van der Waals surface area contributed by atoms with Crippen LogP contribution in [0.4, 0.5) is 0 Å². The van der Waals surface area contributed by atoms with Crippen molar-refractivity contribution in [2.45, 2.75) is 25.3 Å². The highest BCUT2D eigenvalue weighted by atomic mass is 16.5. The summed E-state index contributed by atoms with van der Waals surface area (Å²) in [5, 5.41) is 0. The topological polar surface area (TPSA) is 75.3 Å². The maximum Gasteiger partial charge on any atom is 0.280 e. The van der Waals surface area contributed by atoms with Crippen molar-refractivity contribution in [3.63, 3.8) is 0 Å². The van der Waals surface area contributed by atoms with Crippen LogP contribution in [-0.4, -0.2) is 40.5 Å². The lowest BCUT2D eigenvalue weighted by atomic mass is 10.0. The fourth-order valence-corrected chi connectivity index (χ4v) is 3.75. The molecule has 2 heterocycles. The smallest absolute Gasteiger partial charge is 0.280 e. The van der Waals surface area contributed by atoms with Crippen LogP contribution >= 0.6 is 0 Å². The van der Waals surface area contributed by atoms with Crippen LogP contribution in [0.5, 0.6) is 5.75 Å². The molecule has 0 bridgehead atoms. The number of carbonyl (C=O) groups excluding carboxylic acids is 1. The number of carbonyl (C=O) groups is 1. The molecule has 1 unspecified atom stereocenters. The highest BCUT2D eigenvalue weighted by molar-refractivity contribution is 5.94. The van der Waals surface area contributed by atoms with Gasteiger partial charge in [-0.25, -0.2) is 4.98 Å². The van der Waals surface area contributed by atoms with E-state index in [1.165, 1.54) is 0 Å². The summed E-state index contributed by atoms with van der Waals surface area (Å²) in [5.74, 6) is 0.512. The number of aromatic amines is 1. The van der Waals surface area contributed by atoms with E-state index in [0.29, 0.717) is 24.0 Å². The maximum absolute atomic E-state index is 13.1. The van der Waals surface area contributed by atoms with Crippen molar-refractivity contribution in [2.24, 2.45) is 0 Å². The van der Waals surface area contributed by atoms with Gasteiger partial charge in [0.25, 0.3) is 11.5 Å². The summed E-state index contributed by atoms with van der Waals surface area (Å²) in [4.78, 5) is 34.4. The minimum atomic E-state index is -0.443.